The average Bonchev–Trinajstić information content (AvgIpc) is 2.88. The number of carbonyl (C=O) groups excluding carboxylic acids is 1. The van der Waals surface area contributed by atoms with Crippen molar-refractivity contribution in [1.82, 2.24) is 15.3 Å². The van der Waals surface area contributed by atoms with Crippen molar-refractivity contribution in [2.24, 2.45) is 0 Å². The third-order valence-corrected chi connectivity index (χ3v) is 3.73. The van der Waals surface area contributed by atoms with Crippen molar-refractivity contribution < 1.29 is 4.79 Å². The maximum absolute atomic E-state index is 12.0. The molecule has 0 bridgehead atoms. The summed E-state index contributed by atoms with van der Waals surface area (Å²) in [6.07, 6.45) is 4.10. The molecule has 0 spiro atoms. The Bertz CT molecular complexity index is 582. The first-order valence-electron chi connectivity index (χ1n) is 6.56. The number of thiophene rings is 1. The Hall–Kier alpha value is -1.95. The molecule has 5 nitrogen and oxygen atoms in total. The molecule has 1 amide bonds. The monoisotopic (exact) mass is 290 g/mol. The summed E-state index contributed by atoms with van der Waals surface area (Å²) >= 11 is 1.64. The van der Waals surface area contributed by atoms with Crippen molar-refractivity contribution in [2.75, 3.05) is 11.9 Å². The second-order valence-electron chi connectivity index (χ2n) is 4.48. The SMILES string of the molecule is CCCNc1cncc(C(=O)NCc2cscc2C)n1. The molecule has 0 aliphatic rings. The predicted molar refractivity (Wildman–Crippen MR) is 81.0 cm³/mol. The standard InChI is InChI=1S/C14H18N4OS/c1-3-4-16-13-7-15-6-12(18-13)14(19)17-5-11-9-20-8-10(11)2/h6-9H,3-5H2,1-2H3,(H,16,18)(H,17,19). The van der Waals surface area contributed by atoms with E-state index >= 15 is 0 Å². The van der Waals surface area contributed by atoms with Gasteiger partial charge in [-0.1, -0.05) is 6.92 Å². The number of aromatic nitrogens is 2. The van der Waals surface area contributed by atoms with E-state index in [9.17, 15) is 4.79 Å². The van der Waals surface area contributed by atoms with E-state index in [-0.39, 0.29) is 5.91 Å². The second-order valence-corrected chi connectivity index (χ2v) is 5.22. The molecule has 20 heavy (non-hydrogen) atoms. The number of aryl methyl sites for hydroxylation is 1. The van der Waals surface area contributed by atoms with Gasteiger partial charge in [0.25, 0.3) is 5.91 Å². The minimum atomic E-state index is -0.205. The van der Waals surface area contributed by atoms with Gasteiger partial charge >= 0.3 is 0 Å². The van der Waals surface area contributed by atoms with E-state index in [2.05, 4.69) is 32.9 Å². The van der Waals surface area contributed by atoms with Gasteiger partial charge < -0.3 is 10.6 Å². The molecule has 6 heteroatoms. The summed E-state index contributed by atoms with van der Waals surface area (Å²) in [5.74, 6) is 0.425. The number of hydrogen-bond acceptors (Lipinski definition) is 5. The minimum absolute atomic E-state index is 0.205. The Morgan fingerprint density at radius 2 is 2.20 bits per heavy atom. The lowest BCUT2D eigenvalue weighted by Crippen LogP contribution is -2.24. The number of nitrogens with zero attached hydrogens (tertiary/aromatic N) is 2. The molecule has 2 heterocycles. The van der Waals surface area contributed by atoms with Crippen molar-refractivity contribution >= 4 is 23.1 Å². The van der Waals surface area contributed by atoms with Crippen LogP contribution in [-0.2, 0) is 6.54 Å². The largest absolute Gasteiger partial charge is 0.369 e. The van der Waals surface area contributed by atoms with Gasteiger partial charge in [-0.25, -0.2) is 4.98 Å². The van der Waals surface area contributed by atoms with Gasteiger partial charge in [0, 0.05) is 13.1 Å². The summed E-state index contributed by atoms with van der Waals surface area (Å²) in [4.78, 5) is 20.3. The van der Waals surface area contributed by atoms with Crippen LogP contribution in [0.15, 0.2) is 23.2 Å². The van der Waals surface area contributed by atoms with Crippen LogP contribution < -0.4 is 10.6 Å². The molecule has 0 atom stereocenters. The molecule has 0 fully saturated rings. The highest BCUT2D eigenvalue weighted by Gasteiger charge is 2.09. The molecule has 0 radical (unpaired) electrons. The van der Waals surface area contributed by atoms with Crippen LogP contribution in [0, 0.1) is 6.92 Å². The van der Waals surface area contributed by atoms with Gasteiger partial charge in [-0.3, -0.25) is 9.78 Å². The van der Waals surface area contributed by atoms with E-state index in [1.165, 1.54) is 11.8 Å². The fourth-order valence-electron chi connectivity index (χ4n) is 1.65. The smallest absolute Gasteiger partial charge is 0.271 e. The fraction of sp³-hybridized carbons (Fsp3) is 0.357. The van der Waals surface area contributed by atoms with Crippen LogP contribution in [0.25, 0.3) is 0 Å². The Kier molecular flexibility index (Phi) is 5.06. The first kappa shape index (κ1) is 14.5. The molecule has 0 aromatic carbocycles. The second kappa shape index (κ2) is 7.00. The van der Waals surface area contributed by atoms with Gasteiger partial charge in [-0.05, 0) is 35.2 Å². The third-order valence-electron chi connectivity index (χ3n) is 2.82. The number of hydrogen-bond donors (Lipinski definition) is 2. The van der Waals surface area contributed by atoms with Gasteiger partial charge in [0.2, 0.25) is 0 Å². The Balaban J connectivity index is 1.96. The maximum atomic E-state index is 12.0. The number of amides is 1. The fourth-order valence-corrected chi connectivity index (χ4v) is 2.50. The van der Waals surface area contributed by atoms with Crippen LogP contribution in [0.1, 0.15) is 35.0 Å². The molecule has 0 aliphatic carbocycles. The number of carbonyl (C=O) groups is 1. The van der Waals surface area contributed by atoms with Crippen molar-refractivity contribution in [3.05, 3.63) is 40.0 Å². The van der Waals surface area contributed by atoms with E-state index in [4.69, 9.17) is 0 Å². The highest BCUT2D eigenvalue weighted by molar-refractivity contribution is 7.08. The van der Waals surface area contributed by atoms with E-state index in [1.54, 1.807) is 17.5 Å². The van der Waals surface area contributed by atoms with E-state index in [1.807, 2.05) is 12.3 Å². The molecule has 0 saturated carbocycles. The average molecular weight is 290 g/mol. The van der Waals surface area contributed by atoms with Crippen LogP contribution in [0.5, 0.6) is 0 Å². The van der Waals surface area contributed by atoms with Crippen LogP contribution in [0.4, 0.5) is 5.82 Å². The van der Waals surface area contributed by atoms with E-state index in [0.29, 0.717) is 18.1 Å². The maximum Gasteiger partial charge on any atom is 0.271 e. The molecule has 106 valence electrons. The molecule has 2 rings (SSSR count). The predicted octanol–water partition coefficient (Wildman–Crippen LogP) is 2.60. The highest BCUT2D eigenvalue weighted by atomic mass is 32.1. The van der Waals surface area contributed by atoms with Crippen LogP contribution >= 0.6 is 11.3 Å². The van der Waals surface area contributed by atoms with Crippen molar-refractivity contribution in [3.8, 4) is 0 Å². The lowest BCUT2D eigenvalue weighted by Gasteiger charge is -2.07. The minimum Gasteiger partial charge on any atom is -0.369 e. The normalized spacial score (nSPS) is 10.3. The van der Waals surface area contributed by atoms with Gasteiger partial charge in [0.1, 0.15) is 11.5 Å². The quantitative estimate of drug-likeness (QED) is 0.858. The first-order valence-corrected chi connectivity index (χ1v) is 7.50. The Morgan fingerprint density at radius 3 is 2.90 bits per heavy atom. The van der Waals surface area contributed by atoms with Gasteiger partial charge in [-0.15, -0.1) is 0 Å². The van der Waals surface area contributed by atoms with E-state index in [0.717, 1.165) is 18.5 Å². The molecular weight excluding hydrogens is 272 g/mol. The molecule has 0 unspecified atom stereocenters. The Labute approximate surface area is 122 Å². The number of anilines is 1. The van der Waals surface area contributed by atoms with Crippen molar-refractivity contribution in [2.45, 2.75) is 26.8 Å². The lowest BCUT2D eigenvalue weighted by atomic mass is 10.2. The van der Waals surface area contributed by atoms with Crippen LogP contribution in [0.3, 0.4) is 0 Å². The van der Waals surface area contributed by atoms with Crippen molar-refractivity contribution in [3.63, 3.8) is 0 Å². The zero-order valence-corrected chi connectivity index (χ0v) is 12.5. The van der Waals surface area contributed by atoms with Gasteiger partial charge in [0.05, 0.1) is 12.4 Å². The van der Waals surface area contributed by atoms with Gasteiger partial charge in [-0.2, -0.15) is 11.3 Å². The summed E-state index contributed by atoms with van der Waals surface area (Å²) in [5, 5.41) is 10.1. The summed E-state index contributed by atoms with van der Waals surface area (Å²) in [7, 11) is 0. The molecular formula is C14H18N4OS. The topological polar surface area (TPSA) is 66.9 Å². The third kappa shape index (κ3) is 3.77. The summed E-state index contributed by atoms with van der Waals surface area (Å²) in [6.45, 7) is 5.43. The zero-order chi connectivity index (χ0) is 14.4. The summed E-state index contributed by atoms with van der Waals surface area (Å²) in [5.41, 5.74) is 2.66. The lowest BCUT2D eigenvalue weighted by molar-refractivity contribution is 0.0945. The Morgan fingerprint density at radius 1 is 1.35 bits per heavy atom. The zero-order valence-electron chi connectivity index (χ0n) is 11.6. The molecule has 0 aliphatic heterocycles. The highest BCUT2D eigenvalue weighted by Crippen LogP contribution is 2.13. The number of rotatable bonds is 6. The molecule has 2 aromatic heterocycles. The van der Waals surface area contributed by atoms with Crippen LogP contribution in [-0.4, -0.2) is 22.4 Å². The summed E-state index contributed by atoms with van der Waals surface area (Å²) < 4.78 is 0. The first-order chi connectivity index (χ1) is 9.70. The molecule has 2 aromatic rings. The molecule has 2 N–H and O–H groups in total. The van der Waals surface area contributed by atoms with Crippen molar-refractivity contribution in [1.29, 1.82) is 0 Å². The van der Waals surface area contributed by atoms with Gasteiger partial charge in [0.15, 0.2) is 0 Å². The summed E-state index contributed by atoms with van der Waals surface area (Å²) in [6, 6.07) is 0. The number of nitrogens with one attached hydrogen (secondary N) is 2. The molecule has 0 saturated heterocycles. The van der Waals surface area contributed by atoms with Crippen LogP contribution in [0.2, 0.25) is 0 Å². The van der Waals surface area contributed by atoms with E-state index < -0.39 is 0 Å².